The summed E-state index contributed by atoms with van der Waals surface area (Å²) in [4.78, 5) is 17.9. The van der Waals surface area contributed by atoms with Crippen molar-refractivity contribution in [1.82, 2.24) is 14.5 Å². The Hall–Kier alpha value is -2.36. The standard InChI is InChI=1S/C10H7F3N4O2S/c11-10(12,13)17-3-6(14-5-17)1-2-7-4-20-8(15-7)16-9(18)19/h1-5H,(H,15,16)(H,18,19)/b2-1+. The van der Waals surface area contributed by atoms with Gasteiger partial charge in [-0.25, -0.2) is 19.3 Å². The molecule has 0 atom stereocenters. The van der Waals surface area contributed by atoms with Gasteiger partial charge in [0.1, 0.15) is 6.33 Å². The van der Waals surface area contributed by atoms with Gasteiger partial charge in [-0.05, 0) is 12.2 Å². The van der Waals surface area contributed by atoms with E-state index >= 15 is 0 Å². The van der Waals surface area contributed by atoms with E-state index in [0.717, 1.165) is 17.5 Å². The Kier molecular flexibility index (Phi) is 3.74. The van der Waals surface area contributed by atoms with Crippen molar-refractivity contribution < 1.29 is 23.1 Å². The van der Waals surface area contributed by atoms with Crippen LogP contribution >= 0.6 is 11.3 Å². The molecule has 0 saturated heterocycles. The lowest BCUT2D eigenvalue weighted by molar-refractivity contribution is -0.204. The molecule has 2 rings (SSSR count). The van der Waals surface area contributed by atoms with Crippen LogP contribution in [-0.4, -0.2) is 25.7 Å². The topological polar surface area (TPSA) is 80.0 Å². The van der Waals surface area contributed by atoms with E-state index < -0.39 is 12.4 Å². The second kappa shape index (κ2) is 5.33. The Labute approximate surface area is 114 Å². The van der Waals surface area contributed by atoms with E-state index in [9.17, 15) is 18.0 Å². The number of carboxylic acid groups (broad SMARTS) is 1. The fourth-order valence-corrected chi connectivity index (χ4v) is 1.91. The third kappa shape index (κ3) is 3.57. The zero-order valence-electron chi connectivity index (χ0n) is 9.63. The van der Waals surface area contributed by atoms with Gasteiger partial charge in [0.05, 0.1) is 11.4 Å². The van der Waals surface area contributed by atoms with Gasteiger partial charge in [0, 0.05) is 11.6 Å². The molecule has 0 aliphatic carbocycles. The normalized spacial score (nSPS) is 11.9. The van der Waals surface area contributed by atoms with Gasteiger partial charge in [-0.2, -0.15) is 0 Å². The SMILES string of the molecule is O=C(O)Nc1nc(/C=C/c2cn(C(F)(F)F)cn2)cs1. The van der Waals surface area contributed by atoms with E-state index in [4.69, 9.17) is 5.11 Å². The molecule has 0 spiro atoms. The van der Waals surface area contributed by atoms with Crippen LogP contribution in [-0.2, 0) is 6.30 Å². The molecule has 0 unspecified atom stereocenters. The number of aromatic nitrogens is 3. The molecule has 20 heavy (non-hydrogen) atoms. The number of hydrogen-bond donors (Lipinski definition) is 2. The molecule has 0 radical (unpaired) electrons. The first-order valence-corrected chi connectivity index (χ1v) is 5.97. The molecule has 6 nitrogen and oxygen atoms in total. The monoisotopic (exact) mass is 304 g/mol. The van der Waals surface area contributed by atoms with Crippen molar-refractivity contribution in [2.75, 3.05) is 5.32 Å². The summed E-state index contributed by atoms with van der Waals surface area (Å²) in [5.74, 6) is 0. The summed E-state index contributed by atoms with van der Waals surface area (Å²) in [5, 5.41) is 12.3. The van der Waals surface area contributed by atoms with Crippen molar-refractivity contribution in [1.29, 1.82) is 0 Å². The first-order chi connectivity index (χ1) is 9.34. The minimum atomic E-state index is -4.50. The van der Waals surface area contributed by atoms with E-state index in [-0.39, 0.29) is 15.4 Å². The van der Waals surface area contributed by atoms with Crippen molar-refractivity contribution >= 4 is 34.7 Å². The van der Waals surface area contributed by atoms with Gasteiger partial charge in [0.15, 0.2) is 5.13 Å². The first kappa shape index (κ1) is 14.1. The number of carbonyl (C=O) groups is 1. The number of nitrogens with one attached hydrogen (secondary N) is 1. The fraction of sp³-hybridized carbons (Fsp3) is 0.100. The summed E-state index contributed by atoms with van der Waals surface area (Å²) in [6.45, 7) is 0. The molecular weight excluding hydrogens is 297 g/mol. The molecule has 0 bridgehead atoms. The van der Waals surface area contributed by atoms with Gasteiger partial charge >= 0.3 is 12.4 Å². The third-order valence-electron chi connectivity index (χ3n) is 2.06. The minimum Gasteiger partial charge on any atom is -0.465 e. The van der Waals surface area contributed by atoms with Gasteiger partial charge in [0.2, 0.25) is 0 Å². The average Bonchev–Trinajstić information content (AvgIpc) is 2.93. The highest BCUT2D eigenvalue weighted by atomic mass is 32.1. The Bertz CT molecular complexity index is 647. The molecule has 0 saturated carbocycles. The molecule has 1 amide bonds. The molecule has 10 heteroatoms. The molecule has 106 valence electrons. The summed E-state index contributed by atoms with van der Waals surface area (Å²) >= 11 is 1.06. The number of halogens is 3. The number of nitrogens with zero attached hydrogens (tertiary/aromatic N) is 3. The van der Waals surface area contributed by atoms with E-state index in [1.807, 2.05) is 0 Å². The predicted molar refractivity (Wildman–Crippen MR) is 66.2 cm³/mol. The smallest absolute Gasteiger partial charge is 0.465 e. The second-order valence-corrected chi connectivity index (χ2v) is 4.37. The van der Waals surface area contributed by atoms with E-state index in [0.29, 0.717) is 12.0 Å². The Morgan fingerprint density at radius 2 is 2.10 bits per heavy atom. The van der Waals surface area contributed by atoms with Gasteiger partial charge in [-0.15, -0.1) is 24.5 Å². The van der Waals surface area contributed by atoms with Crippen LogP contribution in [0.2, 0.25) is 0 Å². The highest BCUT2D eigenvalue weighted by molar-refractivity contribution is 7.14. The molecule has 0 aromatic carbocycles. The van der Waals surface area contributed by atoms with Crippen LogP contribution in [0, 0.1) is 0 Å². The predicted octanol–water partition coefficient (Wildman–Crippen LogP) is 3.08. The maximum atomic E-state index is 12.3. The molecule has 2 aromatic rings. The van der Waals surface area contributed by atoms with Crippen molar-refractivity contribution in [3.63, 3.8) is 0 Å². The number of imidazole rings is 1. The van der Waals surface area contributed by atoms with Crippen molar-refractivity contribution in [2.45, 2.75) is 6.30 Å². The number of rotatable bonds is 3. The van der Waals surface area contributed by atoms with Crippen LogP contribution < -0.4 is 5.32 Å². The van der Waals surface area contributed by atoms with Crippen LogP contribution in [0.25, 0.3) is 12.2 Å². The summed E-state index contributed by atoms with van der Waals surface area (Å²) in [5.41, 5.74) is 0.531. The number of anilines is 1. The quantitative estimate of drug-likeness (QED) is 0.913. The summed E-state index contributed by atoms with van der Waals surface area (Å²) in [6.07, 6.45) is -1.46. The second-order valence-electron chi connectivity index (χ2n) is 3.51. The largest absolute Gasteiger partial charge is 0.489 e. The molecule has 2 N–H and O–H groups in total. The molecular formula is C10H7F3N4O2S. The van der Waals surface area contributed by atoms with E-state index in [2.05, 4.69) is 15.3 Å². The first-order valence-electron chi connectivity index (χ1n) is 5.09. The zero-order valence-corrected chi connectivity index (χ0v) is 10.4. The molecule has 0 aliphatic heterocycles. The lowest BCUT2D eigenvalue weighted by Crippen LogP contribution is -2.13. The lowest BCUT2D eigenvalue weighted by Gasteiger charge is -2.04. The molecule has 0 aliphatic rings. The number of thiazole rings is 1. The van der Waals surface area contributed by atoms with Crippen molar-refractivity contribution in [3.8, 4) is 0 Å². The third-order valence-corrected chi connectivity index (χ3v) is 2.83. The Morgan fingerprint density at radius 1 is 1.40 bits per heavy atom. The highest BCUT2D eigenvalue weighted by Crippen LogP contribution is 2.22. The Balaban J connectivity index is 2.07. The number of hydrogen-bond acceptors (Lipinski definition) is 4. The summed E-state index contributed by atoms with van der Waals surface area (Å²) in [6, 6.07) is 0. The van der Waals surface area contributed by atoms with Crippen LogP contribution in [0.15, 0.2) is 17.9 Å². The molecule has 0 fully saturated rings. The van der Waals surface area contributed by atoms with Crippen molar-refractivity contribution in [3.05, 3.63) is 29.3 Å². The van der Waals surface area contributed by atoms with Gasteiger partial charge in [0.25, 0.3) is 0 Å². The fourth-order valence-electron chi connectivity index (χ4n) is 1.25. The van der Waals surface area contributed by atoms with Gasteiger partial charge in [-0.3, -0.25) is 5.32 Å². The van der Waals surface area contributed by atoms with Crippen LogP contribution in [0.5, 0.6) is 0 Å². The van der Waals surface area contributed by atoms with Crippen LogP contribution in [0.3, 0.4) is 0 Å². The van der Waals surface area contributed by atoms with Crippen molar-refractivity contribution in [2.24, 2.45) is 0 Å². The van der Waals surface area contributed by atoms with Gasteiger partial charge in [-0.1, -0.05) is 0 Å². The number of alkyl halides is 3. The Morgan fingerprint density at radius 3 is 2.70 bits per heavy atom. The maximum absolute atomic E-state index is 12.3. The number of amides is 1. The van der Waals surface area contributed by atoms with Crippen LogP contribution in [0.1, 0.15) is 11.4 Å². The van der Waals surface area contributed by atoms with Gasteiger partial charge < -0.3 is 5.11 Å². The van der Waals surface area contributed by atoms with E-state index in [1.165, 1.54) is 12.2 Å². The lowest BCUT2D eigenvalue weighted by atomic mass is 10.3. The summed E-state index contributed by atoms with van der Waals surface area (Å²) in [7, 11) is 0. The van der Waals surface area contributed by atoms with Crippen LogP contribution in [0.4, 0.5) is 23.1 Å². The summed E-state index contributed by atoms with van der Waals surface area (Å²) < 4.78 is 37.0. The van der Waals surface area contributed by atoms with E-state index in [1.54, 1.807) is 5.38 Å². The highest BCUT2D eigenvalue weighted by Gasteiger charge is 2.30. The zero-order chi connectivity index (χ0) is 14.8. The minimum absolute atomic E-state index is 0.0329. The maximum Gasteiger partial charge on any atom is 0.489 e. The molecule has 2 aromatic heterocycles. The molecule has 2 heterocycles. The average molecular weight is 304 g/mol.